The highest BCUT2D eigenvalue weighted by atomic mass is 16.5. The van der Waals surface area contributed by atoms with Crippen LogP contribution in [0.15, 0.2) is 34.9 Å². The predicted octanol–water partition coefficient (Wildman–Crippen LogP) is 3.76. The molecule has 2 heterocycles. The third-order valence-electron chi connectivity index (χ3n) is 4.75. The largest absolute Gasteiger partial charge is 0.497 e. The van der Waals surface area contributed by atoms with Crippen molar-refractivity contribution in [2.45, 2.75) is 45.1 Å². The van der Waals surface area contributed by atoms with E-state index >= 15 is 0 Å². The van der Waals surface area contributed by atoms with Gasteiger partial charge in [0.05, 0.1) is 19.3 Å². The van der Waals surface area contributed by atoms with Gasteiger partial charge in [0.2, 0.25) is 11.8 Å². The standard InChI is InChI=1S/C20H27N3O3/c1-20(2,3)17-12-19(26-22-17)21-18(24)13-23-11-5-6-16(23)14-7-9-15(25-4)10-8-14/h7-10,12,16H,5-6,11,13H2,1-4H3,(H,21,24). The van der Waals surface area contributed by atoms with Crippen molar-refractivity contribution in [3.63, 3.8) is 0 Å². The number of carbonyl (C=O) groups is 1. The van der Waals surface area contributed by atoms with E-state index in [0.717, 1.165) is 30.8 Å². The van der Waals surface area contributed by atoms with E-state index in [9.17, 15) is 4.79 Å². The van der Waals surface area contributed by atoms with Gasteiger partial charge in [0.25, 0.3) is 0 Å². The lowest BCUT2D eigenvalue weighted by atomic mass is 9.92. The van der Waals surface area contributed by atoms with Crippen LogP contribution in [0.2, 0.25) is 0 Å². The van der Waals surface area contributed by atoms with Crippen LogP contribution in [0.3, 0.4) is 0 Å². The van der Waals surface area contributed by atoms with Crippen LogP contribution in [-0.2, 0) is 10.2 Å². The molecule has 1 fully saturated rings. The minimum Gasteiger partial charge on any atom is -0.497 e. The summed E-state index contributed by atoms with van der Waals surface area (Å²) in [6.45, 7) is 7.41. The van der Waals surface area contributed by atoms with Gasteiger partial charge in [0.1, 0.15) is 5.75 Å². The van der Waals surface area contributed by atoms with Gasteiger partial charge >= 0.3 is 0 Å². The SMILES string of the molecule is COc1ccc(C2CCCN2CC(=O)Nc2cc(C(C)(C)C)no2)cc1. The van der Waals surface area contributed by atoms with Gasteiger partial charge < -0.3 is 9.26 Å². The normalized spacial score (nSPS) is 18.1. The van der Waals surface area contributed by atoms with Crippen LogP contribution >= 0.6 is 0 Å². The van der Waals surface area contributed by atoms with E-state index in [1.807, 2.05) is 12.1 Å². The fourth-order valence-corrected chi connectivity index (χ4v) is 3.27. The van der Waals surface area contributed by atoms with Crippen molar-refractivity contribution in [3.05, 3.63) is 41.6 Å². The van der Waals surface area contributed by atoms with Gasteiger partial charge in [-0.2, -0.15) is 0 Å². The number of carbonyl (C=O) groups excluding carboxylic acids is 1. The first kappa shape index (κ1) is 18.5. The van der Waals surface area contributed by atoms with E-state index in [4.69, 9.17) is 9.26 Å². The number of benzene rings is 1. The second kappa shape index (κ2) is 7.50. The predicted molar refractivity (Wildman–Crippen MR) is 100 cm³/mol. The summed E-state index contributed by atoms with van der Waals surface area (Å²) < 4.78 is 10.5. The van der Waals surface area contributed by atoms with Crippen LogP contribution in [0.25, 0.3) is 0 Å². The van der Waals surface area contributed by atoms with Crippen molar-refractivity contribution < 1.29 is 14.1 Å². The molecule has 0 spiro atoms. The summed E-state index contributed by atoms with van der Waals surface area (Å²) in [6.07, 6.45) is 2.14. The summed E-state index contributed by atoms with van der Waals surface area (Å²) in [5.74, 6) is 1.16. The Morgan fingerprint density at radius 2 is 2.08 bits per heavy atom. The number of nitrogens with one attached hydrogen (secondary N) is 1. The maximum Gasteiger partial charge on any atom is 0.240 e. The van der Waals surface area contributed by atoms with E-state index < -0.39 is 0 Å². The lowest BCUT2D eigenvalue weighted by molar-refractivity contribution is -0.117. The van der Waals surface area contributed by atoms with Gasteiger partial charge in [-0.15, -0.1) is 0 Å². The Balaban J connectivity index is 1.61. The molecule has 1 saturated heterocycles. The number of hydrogen-bond donors (Lipinski definition) is 1. The Morgan fingerprint density at radius 1 is 1.35 bits per heavy atom. The highest BCUT2D eigenvalue weighted by Gasteiger charge is 2.28. The zero-order valence-electron chi connectivity index (χ0n) is 15.9. The fraction of sp³-hybridized carbons (Fsp3) is 0.500. The second-order valence-corrected chi connectivity index (χ2v) is 7.78. The summed E-state index contributed by atoms with van der Waals surface area (Å²) in [5, 5.41) is 6.86. The molecule has 26 heavy (non-hydrogen) atoms. The first-order valence-electron chi connectivity index (χ1n) is 9.02. The van der Waals surface area contributed by atoms with E-state index in [2.05, 4.69) is 48.3 Å². The molecule has 3 rings (SSSR count). The molecule has 1 aliphatic rings. The Labute approximate surface area is 154 Å². The molecule has 6 heteroatoms. The van der Waals surface area contributed by atoms with Crippen molar-refractivity contribution in [3.8, 4) is 5.75 Å². The molecule has 1 atom stereocenters. The minimum absolute atomic E-state index is 0.0815. The van der Waals surface area contributed by atoms with Gasteiger partial charge in [-0.25, -0.2) is 0 Å². The van der Waals surface area contributed by atoms with E-state index in [1.165, 1.54) is 5.56 Å². The summed E-state index contributed by atoms with van der Waals surface area (Å²) in [5.41, 5.74) is 1.93. The van der Waals surface area contributed by atoms with E-state index in [1.54, 1.807) is 13.2 Å². The van der Waals surface area contributed by atoms with Crippen LogP contribution in [0, 0.1) is 0 Å². The smallest absolute Gasteiger partial charge is 0.240 e. The molecule has 1 N–H and O–H groups in total. The molecular formula is C20H27N3O3. The molecule has 1 amide bonds. The Morgan fingerprint density at radius 3 is 2.69 bits per heavy atom. The first-order chi connectivity index (χ1) is 12.4. The molecule has 0 radical (unpaired) electrons. The third-order valence-corrected chi connectivity index (χ3v) is 4.75. The van der Waals surface area contributed by atoms with Crippen molar-refractivity contribution in [1.82, 2.24) is 10.1 Å². The second-order valence-electron chi connectivity index (χ2n) is 7.78. The average molecular weight is 357 g/mol. The number of rotatable bonds is 5. The topological polar surface area (TPSA) is 67.6 Å². The monoisotopic (exact) mass is 357 g/mol. The molecule has 0 saturated carbocycles. The highest BCUT2D eigenvalue weighted by molar-refractivity contribution is 5.91. The number of methoxy groups -OCH3 is 1. The summed E-state index contributed by atoms with van der Waals surface area (Å²) in [6, 6.07) is 10.1. The number of amides is 1. The van der Waals surface area contributed by atoms with E-state index in [0.29, 0.717) is 12.4 Å². The van der Waals surface area contributed by atoms with Crippen molar-refractivity contribution in [1.29, 1.82) is 0 Å². The molecule has 6 nitrogen and oxygen atoms in total. The summed E-state index contributed by atoms with van der Waals surface area (Å²) in [4.78, 5) is 14.7. The van der Waals surface area contributed by atoms with Crippen LogP contribution in [0.1, 0.15) is 50.9 Å². The van der Waals surface area contributed by atoms with Gasteiger partial charge in [-0.3, -0.25) is 15.0 Å². The first-order valence-corrected chi connectivity index (χ1v) is 9.02. The summed E-state index contributed by atoms with van der Waals surface area (Å²) in [7, 11) is 1.66. The Hall–Kier alpha value is -2.34. The molecule has 1 unspecified atom stereocenters. The molecule has 1 aliphatic heterocycles. The molecule has 0 aliphatic carbocycles. The molecule has 2 aromatic rings. The Kier molecular flexibility index (Phi) is 5.32. The van der Waals surface area contributed by atoms with Gasteiger partial charge in [0.15, 0.2) is 0 Å². The van der Waals surface area contributed by atoms with Gasteiger partial charge in [-0.1, -0.05) is 38.1 Å². The minimum atomic E-state index is -0.110. The number of likely N-dealkylation sites (tertiary alicyclic amines) is 1. The number of ether oxygens (including phenoxy) is 1. The molecule has 1 aromatic heterocycles. The fourth-order valence-electron chi connectivity index (χ4n) is 3.27. The average Bonchev–Trinajstić information content (AvgIpc) is 3.24. The van der Waals surface area contributed by atoms with Crippen molar-refractivity contribution >= 4 is 11.8 Å². The molecule has 0 bridgehead atoms. The third kappa shape index (κ3) is 4.25. The van der Waals surface area contributed by atoms with Crippen LogP contribution in [0.5, 0.6) is 5.75 Å². The lowest BCUT2D eigenvalue weighted by Crippen LogP contribution is -2.32. The van der Waals surface area contributed by atoms with Crippen LogP contribution < -0.4 is 10.1 Å². The quantitative estimate of drug-likeness (QED) is 0.882. The summed E-state index contributed by atoms with van der Waals surface area (Å²) >= 11 is 0. The number of hydrogen-bond acceptors (Lipinski definition) is 5. The molecular weight excluding hydrogens is 330 g/mol. The zero-order valence-corrected chi connectivity index (χ0v) is 15.9. The lowest BCUT2D eigenvalue weighted by Gasteiger charge is -2.24. The maximum absolute atomic E-state index is 12.4. The molecule has 140 valence electrons. The number of nitrogens with zero attached hydrogens (tertiary/aromatic N) is 2. The van der Waals surface area contributed by atoms with Gasteiger partial charge in [0, 0.05) is 17.5 Å². The van der Waals surface area contributed by atoms with Crippen molar-refractivity contribution in [2.75, 3.05) is 25.5 Å². The van der Waals surface area contributed by atoms with E-state index in [-0.39, 0.29) is 17.4 Å². The number of aromatic nitrogens is 1. The molecule has 1 aromatic carbocycles. The maximum atomic E-state index is 12.4. The van der Waals surface area contributed by atoms with Crippen molar-refractivity contribution in [2.24, 2.45) is 0 Å². The number of anilines is 1. The Bertz CT molecular complexity index is 746. The van der Waals surface area contributed by atoms with Gasteiger partial charge in [-0.05, 0) is 37.1 Å². The van der Waals surface area contributed by atoms with Crippen LogP contribution in [0.4, 0.5) is 5.88 Å². The van der Waals surface area contributed by atoms with Crippen LogP contribution in [-0.4, -0.2) is 36.2 Å². The zero-order chi connectivity index (χ0) is 18.7. The highest BCUT2D eigenvalue weighted by Crippen LogP contribution is 2.32.